The van der Waals surface area contributed by atoms with Crippen LogP contribution >= 0.6 is 0 Å². The van der Waals surface area contributed by atoms with Crippen molar-refractivity contribution in [2.45, 2.75) is 26.6 Å². The van der Waals surface area contributed by atoms with Crippen LogP contribution in [0.1, 0.15) is 27.6 Å². The lowest BCUT2D eigenvalue weighted by atomic mass is 10.2. The molecule has 0 N–H and O–H groups in total. The third-order valence-corrected chi connectivity index (χ3v) is 4.56. The highest BCUT2D eigenvalue weighted by Crippen LogP contribution is 2.23. The maximum Gasteiger partial charge on any atom is 0.358 e. The molecule has 0 saturated heterocycles. The lowest BCUT2D eigenvalue weighted by Gasteiger charge is -2.26. The molecule has 7 heteroatoms. The molecule has 26 heavy (non-hydrogen) atoms. The molecule has 3 aromatic rings. The lowest BCUT2D eigenvalue weighted by Crippen LogP contribution is -2.33. The minimum atomic E-state index is -0.404. The van der Waals surface area contributed by atoms with Crippen LogP contribution in [0.15, 0.2) is 40.8 Å². The molecule has 2 aromatic heterocycles. The van der Waals surface area contributed by atoms with Crippen molar-refractivity contribution in [1.29, 1.82) is 0 Å². The number of oxazole rings is 1. The van der Waals surface area contributed by atoms with E-state index in [1.807, 2.05) is 41.9 Å². The van der Waals surface area contributed by atoms with Crippen molar-refractivity contribution in [3.63, 3.8) is 0 Å². The summed E-state index contributed by atoms with van der Waals surface area (Å²) in [6.45, 7) is 4.91. The van der Waals surface area contributed by atoms with E-state index < -0.39 is 5.97 Å². The van der Waals surface area contributed by atoms with E-state index in [9.17, 15) is 4.79 Å². The molecular weight excluding hydrogens is 332 g/mol. The molecule has 134 valence electrons. The van der Waals surface area contributed by atoms with Crippen LogP contribution in [-0.4, -0.2) is 39.3 Å². The second-order valence-corrected chi connectivity index (χ2v) is 6.33. The lowest BCUT2D eigenvalue weighted by molar-refractivity contribution is 0.0593. The zero-order chi connectivity index (χ0) is 18.1. The third-order valence-electron chi connectivity index (χ3n) is 4.56. The van der Waals surface area contributed by atoms with Gasteiger partial charge in [0.25, 0.3) is 0 Å². The molecule has 0 aliphatic carbocycles. The number of hydrogen-bond acceptors (Lipinski definition) is 6. The maximum absolute atomic E-state index is 11.7. The summed E-state index contributed by atoms with van der Waals surface area (Å²) in [5.74, 6) is 1.07. The number of methoxy groups -OCH3 is 1. The van der Waals surface area contributed by atoms with Gasteiger partial charge in [-0.25, -0.2) is 9.78 Å². The molecular formula is C19H20N4O3. The summed E-state index contributed by atoms with van der Waals surface area (Å²) in [4.78, 5) is 18.6. The van der Waals surface area contributed by atoms with Gasteiger partial charge in [0.15, 0.2) is 5.69 Å². The zero-order valence-electron chi connectivity index (χ0n) is 14.8. The average Bonchev–Trinajstić information content (AvgIpc) is 3.25. The van der Waals surface area contributed by atoms with Gasteiger partial charge in [-0.3, -0.25) is 9.58 Å². The van der Waals surface area contributed by atoms with Gasteiger partial charge in [-0.2, -0.15) is 5.10 Å². The van der Waals surface area contributed by atoms with Gasteiger partial charge in [0.05, 0.1) is 25.0 Å². The highest BCUT2D eigenvalue weighted by Gasteiger charge is 2.23. The highest BCUT2D eigenvalue weighted by atomic mass is 16.5. The largest absolute Gasteiger partial charge is 0.464 e. The van der Waals surface area contributed by atoms with Gasteiger partial charge in [-0.1, -0.05) is 18.2 Å². The van der Waals surface area contributed by atoms with Gasteiger partial charge in [0.2, 0.25) is 5.89 Å². The first-order valence-electron chi connectivity index (χ1n) is 8.53. The summed E-state index contributed by atoms with van der Waals surface area (Å²) in [6.07, 6.45) is 0. The van der Waals surface area contributed by atoms with E-state index in [0.717, 1.165) is 35.8 Å². The van der Waals surface area contributed by atoms with Crippen molar-refractivity contribution in [3.8, 4) is 11.5 Å². The number of nitrogens with zero attached hydrogens (tertiary/aromatic N) is 4. The molecule has 0 radical (unpaired) electrons. The Morgan fingerprint density at radius 3 is 2.85 bits per heavy atom. The molecule has 0 unspecified atom stereocenters. The summed E-state index contributed by atoms with van der Waals surface area (Å²) in [5, 5.41) is 4.31. The van der Waals surface area contributed by atoms with Crippen LogP contribution < -0.4 is 0 Å². The van der Waals surface area contributed by atoms with Crippen LogP contribution in [0.4, 0.5) is 0 Å². The maximum atomic E-state index is 11.7. The second-order valence-electron chi connectivity index (χ2n) is 6.33. The van der Waals surface area contributed by atoms with Crippen LogP contribution in [0.5, 0.6) is 0 Å². The summed E-state index contributed by atoms with van der Waals surface area (Å²) < 4.78 is 12.5. The molecule has 0 fully saturated rings. The Labute approximate surface area is 151 Å². The first-order chi connectivity index (χ1) is 12.6. The van der Waals surface area contributed by atoms with E-state index >= 15 is 0 Å². The zero-order valence-corrected chi connectivity index (χ0v) is 14.8. The van der Waals surface area contributed by atoms with E-state index in [-0.39, 0.29) is 0 Å². The fraction of sp³-hybridized carbons (Fsp3) is 0.316. The Balaban J connectivity index is 1.50. The van der Waals surface area contributed by atoms with Crippen LogP contribution in [0.25, 0.3) is 11.5 Å². The van der Waals surface area contributed by atoms with E-state index in [1.54, 1.807) is 6.07 Å². The normalized spacial score (nSPS) is 14.2. The third kappa shape index (κ3) is 3.13. The fourth-order valence-corrected chi connectivity index (χ4v) is 3.15. The van der Waals surface area contributed by atoms with Crippen molar-refractivity contribution in [3.05, 3.63) is 59.2 Å². The first kappa shape index (κ1) is 16.5. The second kappa shape index (κ2) is 6.76. The smallest absolute Gasteiger partial charge is 0.358 e. The van der Waals surface area contributed by atoms with E-state index in [0.29, 0.717) is 24.7 Å². The standard InChI is InChI=1S/C19H20N4O3/c1-13-17(20-18(26-13)14-6-4-3-5-7-14)12-22-8-9-23-15(11-22)10-16(21-23)19(24)25-2/h3-7,10H,8-9,11-12H2,1-2H3. The number of esters is 1. The number of ether oxygens (including phenoxy) is 1. The van der Waals surface area contributed by atoms with Gasteiger partial charge < -0.3 is 9.15 Å². The molecule has 4 rings (SSSR count). The number of hydrogen-bond donors (Lipinski definition) is 0. The predicted octanol–water partition coefficient (Wildman–Crippen LogP) is 2.65. The van der Waals surface area contributed by atoms with E-state index in [1.165, 1.54) is 7.11 Å². The van der Waals surface area contributed by atoms with E-state index in [4.69, 9.17) is 9.15 Å². The van der Waals surface area contributed by atoms with Gasteiger partial charge >= 0.3 is 5.97 Å². The summed E-state index contributed by atoms with van der Waals surface area (Å²) in [5.41, 5.74) is 3.26. The van der Waals surface area contributed by atoms with Crippen LogP contribution in [0.2, 0.25) is 0 Å². The fourth-order valence-electron chi connectivity index (χ4n) is 3.15. The number of aromatic nitrogens is 3. The molecule has 3 heterocycles. The molecule has 7 nitrogen and oxygen atoms in total. The molecule has 0 spiro atoms. The topological polar surface area (TPSA) is 73.4 Å². The van der Waals surface area contributed by atoms with Gasteiger partial charge in [-0.15, -0.1) is 0 Å². The Morgan fingerprint density at radius 1 is 1.27 bits per heavy atom. The quantitative estimate of drug-likeness (QED) is 0.672. The monoisotopic (exact) mass is 352 g/mol. The van der Waals surface area contributed by atoms with Crippen molar-refractivity contribution >= 4 is 5.97 Å². The van der Waals surface area contributed by atoms with Crippen molar-refractivity contribution in [2.75, 3.05) is 13.7 Å². The number of carbonyl (C=O) groups excluding carboxylic acids is 1. The summed E-state index contributed by atoms with van der Waals surface area (Å²) in [6, 6.07) is 11.7. The number of fused-ring (bicyclic) bond motifs is 1. The molecule has 0 bridgehead atoms. The number of rotatable bonds is 4. The minimum absolute atomic E-state index is 0.355. The van der Waals surface area contributed by atoms with Crippen molar-refractivity contribution in [2.24, 2.45) is 0 Å². The van der Waals surface area contributed by atoms with Crippen molar-refractivity contribution < 1.29 is 13.9 Å². The number of aryl methyl sites for hydroxylation is 1. The first-order valence-corrected chi connectivity index (χ1v) is 8.53. The number of carbonyl (C=O) groups is 1. The molecule has 0 saturated carbocycles. The molecule has 1 aromatic carbocycles. The number of benzene rings is 1. The SMILES string of the molecule is COC(=O)c1cc2n(n1)CCN(Cc1nc(-c3ccccc3)oc1C)C2. The van der Waals surface area contributed by atoms with E-state index in [2.05, 4.69) is 15.0 Å². The minimum Gasteiger partial charge on any atom is -0.464 e. The summed E-state index contributed by atoms with van der Waals surface area (Å²) >= 11 is 0. The van der Waals surface area contributed by atoms with Crippen LogP contribution in [-0.2, 0) is 24.4 Å². The van der Waals surface area contributed by atoms with Gasteiger partial charge in [-0.05, 0) is 25.1 Å². The average molecular weight is 352 g/mol. The molecule has 1 aliphatic heterocycles. The Bertz CT molecular complexity index is 930. The molecule has 0 amide bonds. The van der Waals surface area contributed by atoms with Gasteiger partial charge in [0.1, 0.15) is 5.76 Å². The Kier molecular flexibility index (Phi) is 4.30. The van der Waals surface area contributed by atoms with Crippen LogP contribution in [0, 0.1) is 6.92 Å². The summed E-state index contributed by atoms with van der Waals surface area (Å²) in [7, 11) is 1.37. The highest BCUT2D eigenvalue weighted by molar-refractivity contribution is 5.87. The molecule has 1 aliphatic rings. The van der Waals surface area contributed by atoms with Crippen LogP contribution in [0.3, 0.4) is 0 Å². The molecule has 0 atom stereocenters. The Hall–Kier alpha value is -2.93. The van der Waals surface area contributed by atoms with Gasteiger partial charge in [0, 0.05) is 25.2 Å². The predicted molar refractivity (Wildman–Crippen MR) is 94.4 cm³/mol. The Morgan fingerprint density at radius 2 is 2.08 bits per heavy atom. The van der Waals surface area contributed by atoms with Crippen molar-refractivity contribution in [1.82, 2.24) is 19.7 Å².